The molecule has 2 rings (SSSR count). The lowest BCUT2D eigenvalue weighted by Gasteiger charge is -2.25. The Morgan fingerprint density at radius 3 is 2.76 bits per heavy atom. The highest BCUT2D eigenvalue weighted by Crippen LogP contribution is 2.28. The first kappa shape index (κ1) is 19.0. The van der Waals surface area contributed by atoms with Crippen LogP contribution in [0.1, 0.15) is 19.8 Å². The van der Waals surface area contributed by atoms with Gasteiger partial charge in [0, 0.05) is 32.5 Å². The minimum Gasteiger partial charge on any atom is -0.488 e. The van der Waals surface area contributed by atoms with Gasteiger partial charge in [0.25, 0.3) is 0 Å². The molecule has 0 spiro atoms. The summed E-state index contributed by atoms with van der Waals surface area (Å²) < 4.78 is 24.7. The van der Waals surface area contributed by atoms with Crippen molar-refractivity contribution >= 4 is 17.7 Å². The summed E-state index contributed by atoms with van der Waals surface area (Å²) in [6.45, 7) is 2.73. The fraction of sp³-hybridized carbons (Fsp3) is 0.529. The lowest BCUT2D eigenvalue weighted by Crippen LogP contribution is -2.36. The SMILES string of the molecule is CC(CN(C)C(=O)Nc1ccc(F)cc1OC1CCOCC1)C(=O)O. The molecule has 1 fully saturated rings. The number of nitrogens with one attached hydrogen (secondary N) is 1. The second kappa shape index (κ2) is 8.66. The van der Waals surface area contributed by atoms with Crippen LogP contribution in [-0.4, -0.2) is 54.9 Å². The molecular formula is C17H23FN2O5. The van der Waals surface area contributed by atoms with E-state index in [1.54, 1.807) is 0 Å². The summed E-state index contributed by atoms with van der Waals surface area (Å²) in [5.74, 6) is -1.89. The Labute approximate surface area is 145 Å². The van der Waals surface area contributed by atoms with E-state index in [9.17, 15) is 14.0 Å². The third kappa shape index (κ3) is 5.60. The smallest absolute Gasteiger partial charge is 0.321 e. The Morgan fingerprint density at radius 2 is 2.12 bits per heavy atom. The number of benzene rings is 1. The zero-order valence-electron chi connectivity index (χ0n) is 14.3. The number of nitrogens with zero attached hydrogens (tertiary/aromatic N) is 1. The Kier molecular flexibility index (Phi) is 6.58. The molecule has 1 aromatic rings. The van der Waals surface area contributed by atoms with E-state index in [2.05, 4.69) is 5.32 Å². The van der Waals surface area contributed by atoms with Crippen molar-refractivity contribution in [1.82, 2.24) is 4.90 Å². The van der Waals surface area contributed by atoms with Gasteiger partial charge in [-0.15, -0.1) is 0 Å². The maximum Gasteiger partial charge on any atom is 0.321 e. The Hall–Kier alpha value is -2.35. The molecule has 2 amide bonds. The number of hydrogen-bond donors (Lipinski definition) is 2. The fourth-order valence-electron chi connectivity index (χ4n) is 2.45. The van der Waals surface area contributed by atoms with Crippen molar-refractivity contribution in [3.8, 4) is 5.75 Å². The molecule has 1 aliphatic rings. The number of amides is 2. The molecule has 2 N–H and O–H groups in total. The number of ether oxygens (including phenoxy) is 2. The molecule has 0 aromatic heterocycles. The third-order valence-corrected chi connectivity index (χ3v) is 3.96. The zero-order valence-corrected chi connectivity index (χ0v) is 14.3. The summed E-state index contributed by atoms with van der Waals surface area (Å²) >= 11 is 0. The number of carboxylic acids is 1. The maximum atomic E-state index is 13.6. The lowest BCUT2D eigenvalue weighted by molar-refractivity contribution is -0.141. The first-order chi connectivity index (χ1) is 11.9. The number of anilines is 1. The van der Waals surface area contributed by atoms with Gasteiger partial charge >= 0.3 is 12.0 Å². The van der Waals surface area contributed by atoms with Crippen LogP contribution in [0.15, 0.2) is 18.2 Å². The monoisotopic (exact) mass is 354 g/mol. The average molecular weight is 354 g/mol. The number of carboxylic acid groups (broad SMARTS) is 1. The largest absolute Gasteiger partial charge is 0.488 e. The number of rotatable bonds is 6. The minimum absolute atomic E-state index is 0.0541. The van der Waals surface area contributed by atoms with E-state index in [0.717, 1.165) is 0 Å². The maximum absolute atomic E-state index is 13.6. The number of hydrogen-bond acceptors (Lipinski definition) is 4. The summed E-state index contributed by atoms with van der Waals surface area (Å²) in [6.07, 6.45) is 1.29. The van der Waals surface area contributed by atoms with Crippen LogP contribution in [0.25, 0.3) is 0 Å². The number of carbonyl (C=O) groups excluding carboxylic acids is 1. The van der Waals surface area contributed by atoms with Crippen LogP contribution >= 0.6 is 0 Å². The molecule has 25 heavy (non-hydrogen) atoms. The second-order valence-electron chi connectivity index (χ2n) is 6.12. The van der Waals surface area contributed by atoms with E-state index in [1.807, 2.05) is 0 Å². The molecule has 0 radical (unpaired) electrons. The third-order valence-electron chi connectivity index (χ3n) is 3.96. The molecule has 1 aliphatic heterocycles. The summed E-state index contributed by atoms with van der Waals surface area (Å²) in [6, 6.07) is 3.39. The van der Waals surface area contributed by atoms with E-state index in [1.165, 1.54) is 37.1 Å². The molecule has 1 saturated heterocycles. The van der Waals surface area contributed by atoms with Crippen LogP contribution in [0.5, 0.6) is 5.75 Å². The number of halogens is 1. The predicted molar refractivity (Wildman–Crippen MR) is 89.3 cm³/mol. The Balaban J connectivity index is 2.04. The van der Waals surface area contributed by atoms with Crippen LogP contribution in [-0.2, 0) is 9.53 Å². The molecule has 8 heteroatoms. The number of aliphatic carboxylic acids is 1. The summed E-state index contributed by atoms with van der Waals surface area (Å²) in [5, 5.41) is 11.6. The highest BCUT2D eigenvalue weighted by Gasteiger charge is 2.21. The van der Waals surface area contributed by atoms with Gasteiger partial charge in [0.1, 0.15) is 17.7 Å². The van der Waals surface area contributed by atoms with Crippen LogP contribution < -0.4 is 10.1 Å². The van der Waals surface area contributed by atoms with Gasteiger partial charge in [-0.3, -0.25) is 4.79 Å². The fourth-order valence-corrected chi connectivity index (χ4v) is 2.45. The first-order valence-electron chi connectivity index (χ1n) is 8.15. The highest BCUT2D eigenvalue weighted by atomic mass is 19.1. The quantitative estimate of drug-likeness (QED) is 0.820. The summed E-state index contributed by atoms with van der Waals surface area (Å²) in [4.78, 5) is 24.4. The second-order valence-corrected chi connectivity index (χ2v) is 6.12. The summed E-state index contributed by atoms with van der Waals surface area (Å²) in [5.41, 5.74) is 0.340. The van der Waals surface area contributed by atoms with Gasteiger partial charge in [-0.05, 0) is 12.1 Å². The average Bonchev–Trinajstić information content (AvgIpc) is 2.58. The van der Waals surface area contributed by atoms with Gasteiger partial charge in [0.15, 0.2) is 0 Å². The molecule has 0 saturated carbocycles. The van der Waals surface area contributed by atoms with Crippen molar-refractivity contribution < 1.29 is 28.6 Å². The van der Waals surface area contributed by atoms with Crippen molar-refractivity contribution in [1.29, 1.82) is 0 Å². The minimum atomic E-state index is -0.982. The molecular weight excluding hydrogens is 331 g/mol. The van der Waals surface area contributed by atoms with Gasteiger partial charge in [0.2, 0.25) is 0 Å². The van der Waals surface area contributed by atoms with Crippen LogP contribution in [0.2, 0.25) is 0 Å². The molecule has 1 atom stereocenters. The van der Waals surface area contributed by atoms with Gasteiger partial charge in [-0.1, -0.05) is 6.92 Å². The zero-order chi connectivity index (χ0) is 18.4. The van der Waals surface area contributed by atoms with Gasteiger partial charge in [0.05, 0.1) is 24.8 Å². The number of urea groups is 1. The van der Waals surface area contributed by atoms with Crippen molar-refractivity contribution in [2.45, 2.75) is 25.9 Å². The molecule has 0 bridgehead atoms. The molecule has 138 valence electrons. The topological polar surface area (TPSA) is 88.1 Å². The van der Waals surface area contributed by atoms with Crippen molar-refractivity contribution in [3.63, 3.8) is 0 Å². The normalized spacial score (nSPS) is 16.1. The van der Waals surface area contributed by atoms with Crippen molar-refractivity contribution in [2.75, 3.05) is 32.1 Å². The molecule has 0 aliphatic carbocycles. The highest BCUT2D eigenvalue weighted by molar-refractivity contribution is 5.91. The van der Waals surface area contributed by atoms with E-state index >= 15 is 0 Å². The van der Waals surface area contributed by atoms with Gasteiger partial charge in [-0.2, -0.15) is 0 Å². The molecule has 1 aromatic carbocycles. The van der Waals surface area contributed by atoms with Crippen molar-refractivity contribution in [2.24, 2.45) is 5.92 Å². The summed E-state index contributed by atoms with van der Waals surface area (Å²) in [7, 11) is 1.50. The molecule has 1 heterocycles. The number of carbonyl (C=O) groups is 2. The van der Waals surface area contributed by atoms with Crippen LogP contribution in [0.3, 0.4) is 0 Å². The van der Waals surface area contributed by atoms with Crippen LogP contribution in [0, 0.1) is 11.7 Å². The predicted octanol–water partition coefficient (Wildman–Crippen LogP) is 2.57. The van der Waals surface area contributed by atoms with E-state index in [4.69, 9.17) is 14.6 Å². The molecule has 7 nitrogen and oxygen atoms in total. The standard InChI is InChI=1S/C17H23FN2O5/c1-11(16(21)22)10-20(2)17(23)19-14-4-3-12(18)9-15(14)25-13-5-7-24-8-6-13/h3-4,9,11,13H,5-8,10H2,1-2H3,(H,19,23)(H,21,22). The van der Waals surface area contributed by atoms with E-state index in [0.29, 0.717) is 31.7 Å². The van der Waals surface area contributed by atoms with Gasteiger partial charge in [-0.25, -0.2) is 9.18 Å². The lowest BCUT2D eigenvalue weighted by atomic mass is 10.1. The Bertz CT molecular complexity index is 619. The Morgan fingerprint density at radius 1 is 1.44 bits per heavy atom. The van der Waals surface area contributed by atoms with E-state index < -0.39 is 23.7 Å². The van der Waals surface area contributed by atoms with Gasteiger partial charge < -0.3 is 24.8 Å². The first-order valence-corrected chi connectivity index (χ1v) is 8.15. The molecule has 1 unspecified atom stereocenters. The van der Waals surface area contributed by atoms with E-state index in [-0.39, 0.29) is 18.4 Å². The van der Waals surface area contributed by atoms with Crippen LogP contribution in [0.4, 0.5) is 14.9 Å². The van der Waals surface area contributed by atoms with Crippen molar-refractivity contribution in [3.05, 3.63) is 24.0 Å².